The molecule has 0 amide bonds. The Morgan fingerprint density at radius 1 is 1.40 bits per heavy atom. The summed E-state index contributed by atoms with van der Waals surface area (Å²) in [6, 6.07) is 0. The summed E-state index contributed by atoms with van der Waals surface area (Å²) in [5.41, 5.74) is 0.574. The Morgan fingerprint density at radius 2 is 2.07 bits per heavy atom. The number of aliphatic hydroxyl groups excluding tert-OH is 1. The molecular weight excluding hydrogens is 214 g/mol. The topological polar surface area (TPSA) is 49.2 Å². The predicted octanol–water partition coefficient (Wildman–Crippen LogP) is 1.33. The highest BCUT2D eigenvalue weighted by atomic mass is 35.5. The first kappa shape index (κ1) is 12.4. The molecule has 1 aromatic heterocycles. The monoisotopic (exact) mass is 229 g/mol. The third-order valence-corrected chi connectivity index (χ3v) is 2.69. The molecule has 0 aliphatic rings. The number of likely N-dealkylation sites (N-methyl/N-ethyl adjacent to an activating group) is 1. The van der Waals surface area contributed by atoms with E-state index in [0.717, 1.165) is 5.69 Å². The first-order valence-electron chi connectivity index (χ1n) is 4.74. The van der Waals surface area contributed by atoms with Gasteiger partial charge >= 0.3 is 0 Å². The van der Waals surface area contributed by atoms with Crippen LogP contribution in [0.25, 0.3) is 0 Å². The molecule has 0 saturated carbocycles. The van der Waals surface area contributed by atoms with E-state index in [2.05, 4.69) is 9.97 Å². The Hall–Kier alpha value is -0.710. The molecule has 0 aliphatic heterocycles. The van der Waals surface area contributed by atoms with Crippen LogP contribution in [-0.4, -0.2) is 39.2 Å². The molecule has 1 heterocycles. The first-order chi connectivity index (χ1) is 6.95. The van der Waals surface area contributed by atoms with Gasteiger partial charge < -0.3 is 5.11 Å². The van der Waals surface area contributed by atoms with Gasteiger partial charge in [-0.1, -0.05) is 11.6 Å². The summed E-state index contributed by atoms with van der Waals surface area (Å²) in [6.45, 7) is 4.68. The molecule has 84 valence electrons. The molecule has 0 spiro atoms. The Kier molecular flexibility index (Phi) is 4.02. The average Bonchev–Trinajstić information content (AvgIpc) is 2.21. The Balaban J connectivity index is 2.66. The fourth-order valence-corrected chi connectivity index (χ4v) is 1.10. The largest absolute Gasteiger partial charge is 0.394 e. The highest BCUT2D eigenvalue weighted by Gasteiger charge is 2.22. The number of hydrogen-bond donors (Lipinski definition) is 1. The van der Waals surface area contributed by atoms with Gasteiger partial charge in [0.1, 0.15) is 5.15 Å². The second-order valence-electron chi connectivity index (χ2n) is 4.16. The fourth-order valence-electron chi connectivity index (χ4n) is 0.998. The molecule has 0 saturated heterocycles. The van der Waals surface area contributed by atoms with E-state index < -0.39 is 0 Å². The van der Waals surface area contributed by atoms with Crippen molar-refractivity contribution in [2.45, 2.75) is 25.9 Å². The quantitative estimate of drug-likeness (QED) is 0.847. The minimum Gasteiger partial charge on any atom is -0.394 e. The molecule has 0 atom stereocenters. The first-order valence-corrected chi connectivity index (χ1v) is 5.12. The normalized spacial score (nSPS) is 12.1. The van der Waals surface area contributed by atoms with Crippen molar-refractivity contribution in [3.63, 3.8) is 0 Å². The third-order valence-electron chi connectivity index (χ3n) is 2.49. The number of nitrogens with zero attached hydrogens (tertiary/aromatic N) is 3. The molecule has 1 N–H and O–H groups in total. The highest BCUT2D eigenvalue weighted by molar-refractivity contribution is 6.29. The smallest absolute Gasteiger partial charge is 0.147 e. The lowest BCUT2D eigenvalue weighted by Crippen LogP contribution is -2.43. The molecule has 0 bridgehead atoms. The van der Waals surface area contributed by atoms with Gasteiger partial charge in [0.15, 0.2) is 0 Å². The fraction of sp³-hybridized carbons (Fsp3) is 0.600. The van der Waals surface area contributed by atoms with E-state index in [1.54, 1.807) is 6.20 Å². The van der Waals surface area contributed by atoms with Crippen LogP contribution >= 0.6 is 11.6 Å². The lowest BCUT2D eigenvalue weighted by Gasteiger charge is -2.33. The van der Waals surface area contributed by atoms with Crippen molar-refractivity contribution in [3.8, 4) is 0 Å². The van der Waals surface area contributed by atoms with Crippen molar-refractivity contribution < 1.29 is 5.11 Å². The van der Waals surface area contributed by atoms with Gasteiger partial charge in [-0.25, -0.2) is 4.98 Å². The van der Waals surface area contributed by atoms with Crippen molar-refractivity contribution in [1.82, 2.24) is 14.9 Å². The zero-order chi connectivity index (χ0) is 11.5. The van der Waals surface area contributed by atoms with Crippen LogP contribution in [0, 0.1) is 0 Å². The van der Waals surface area contributed by atoms with Gasteiger partial charge in [0.25, 0.3) is 0 Å². The summed E-state index contributed by atoms with van der Waals surface area (Å²) in [5, 5.41) is 9.58. The van der Waals surface area contributed by atoms with Gasteiger partial charge in [0.2, 0.25) is 0 Å². The standard InChI is InChI=1S/C10H16ClN3O/c1-10(2,7-15)14(3)6-8-4-13-9(11)5-12-8/h4-5,15H,6-7H2,1-3H3. The van der Waals surface area contributed by atoms with E-state index in [1.807, 2.05) is 25.8 Å². The zero-order valence-electron chi connectivity index (χ0n) is 9.24. The van der Waals surface area contributed by atoms with Gasteiger partial charge in [0.05, 0.1) is 24.7 Å². The third kappa shape index (κ3) is 3.41. The van der Waals surface area contributed by atoms with Crippen LogP contribution < -0.4 is 0 Å². The van der Waals surface area contributed by atoms with Gasteiger partial charge in [0, 0.05) is 12.1 Å². The SMILES string of the molecule is CN(Cc1cnc(Cl)cn1)C(C)(C)CO. The van der Waals surface area contributed by atoms with Gasteiger partial charge in [-0.15, -0.1) is 0 Å². The highest BCUT2D eigenvalue weighted by Crippen LogP contribution is 2.14. The van der Waals surface area contributed by atoms with E-state index in [4.69, 9.17) is 11.6 Å². The zero-order valence-corrected chi connectivity index (χ0v) is 9.99. The van der Waals surface area contributed by atoms with Gasteiger partial charge in [-0.2, -0.15) is 0 Å². The maximum atomic E-state index is 9.19. The van der Waals surface area contributed by atoms with E-state index in [-0.39, 0.29) is 12.1 Å². The van der Waals surface area contributed by atoms with Crippen molar-refractivity contribution in [2.75, 3.05) is 13.7 Å². The Morgan fingerprint density at radius 3 is 2.53 bits per heavy atom. The van der Waals surface area contributed by atoms with Gasteiger partial charge in [-0.05, 0) is 20.9 Å². The number of aromatic nitrogens is 2. The molecule has 4 nitrogen and oxygen atoms in total. The molecule has 15 heavy (non-hydrogen) atoms. The number of rotatable bonds is 4. The minimum atomic E-state index is -0.263. The summed E-state index contributed by atoms with van der Waals surface area (Å²) in [4.78, 5) is 10.1. The van der Waals surface area contributed by atoms with Crippen LogP contribution in [0.2, 0.25) is 5.15 Å². The summed E-state index contributed by atoms with van der Waals surface area (Å²) >= 11 is 5.64. The summed E-state index contributed by atoms with van der Waals surface area (Å²) in [7, 11) is 1.94. The molecule has 0 fully saturated rings. The molecule has 5 heteroatoms. The maximum Gasteiger partial charge on any atom is 0.147 e. The van der Waals surface area contributed by atoms with E-state index >= 15 is 0 Å². The Bertz CT molecular complexity index is 313. The molecule has 0 aromatic carbocycles. The van der Waals surface area contributed by atoms with Crippen LogP contribution in [0.1, 0.15) is 19.5 Å². The maximum absolute atomic E-state index is 9.19. The van der Waals surface area contributed by atoms with E-state index in [9.17, 15) is 5.11 Å². The van der Waals surface area contributed by atoms with Crippen LogP contribution in [0.5, 0.6) is 0 Å². The van der Waals surface area contributed by atoms with Crippen LogP contribution in [-0.2, 0) is 6.54 Å². The summed E-state index contributed by atoms with van der Waals surface area (Å²) < 4.78 is 0. The minimum absolute atomic E-state index is 0.102. The molecule has 1 aromatic rings. The summed E-state index contributed by atoms with van der Waals surface area (Å²) in [5.74, 6) is 0. The lowest BCUT2D eigenvalue weighted by atomic mass is 10.1. The second-order valence-corrected chi connectivity index (χ2v) is 4.54. The van der Waals surface area contributed by atoms with Crippen LogP contribution in [0.3, 0.4) is 0 Å². The van der Waals surface area contributed by atoms with Crippen molar-refractivity contribution in [3.05, 3.63) is 23.2 Å². The lowest BCUT2D eigenvalue weighted by molar-refractivity contribution is 0.0724. The van der Waals surface area contributed by atoms with E-state index in [1.165, 1.54) is 6.20 Å². The van der Waals surface area contributed by atoms with Gasteiger partial charge in [-0.3, -0.25) is 9.88 Å². The van der Waals surface area contributed by atoms with Crippen molar-refractivity contribution in [1.29, 1.82) is 0 Å². The predicted molar refractivity (Wildman–Crippen MR) is 59.7 cm³/mol. The van der Waals surface area contributed by atoms with E-state index in [0.29, 0.717) is 11.7 Å². The number of halogens is 1. The van der Waals surface area contributed by atoms with Crippen molar-refractivity contribution in [2.24, 2.45) is 0 Å². The molecule has 0 radical (unpaired) electrons. The Labute approximate surface area is 94.9 Å². The molecular formula is C10H16ClN3O. The average molecular weight is 230 g/mol. The second kappa shape index (κ2) is 4.88. The number of aliphatic hydroxyl groups is 1. The van der Waals surface area contributed by atoms with Crippen LogP contribution in [0.4, 0.5) is 0 Å². The molecule has 0 aliphatic carbocycles. The molecule has 1 rings (SSSR count). The summed E-state index contributed by atoms with van der Waals surface area (Å²) in [6.07, 6.45) is 3.17. The molecule has 0 unspecified atom stereocenters. The van der Waals surface area contributed by atoms with Crippen molar-refractivity contribution >= 4 is 11.6 Å². The number of hydrogen-bond acceptors (Lipinski definition) is 4. The van der Waals surface area contributed by atoms with Crippen LogP contribution in [0.15, 0.2) is 12.4 Å².